The third-order valence-corrected chi connectivity index (χ3v) is 7.08. The number of piperidine rings is 1. The van der Waals surface area contributed by atoms with Crippen LogP contribution < -0.4 is 14.7 Å². The average Bonchev–Trinajstić information content (AvgIpc) is 3.50. The minimum atomic E-state index is -0.338. The van der Waals surface area contributed by atoms with E-state index in [9.17, 15) is 10.1 Å². The number of rotatable bonds is 5. The first-order valence-corrected chi connectivity index (χ1v) is 11.9. The lowest BCUT2D eigenvalue weighted by Gasteiger charge is -2.38. The van der Waals surface area contributed by atoms with E-state index in [0.717, 1.165) is 48.2 Å². The Morgan fingerprint density at radius 3 is 2.63 bits per heavy atom. The number of aromatic amines is 1. The fourth-order valence-electron chi connectivity index (χ4n) is 5.15. The van der Waals surface area contributed by atoms with E-state index in [4.69, 9.17) is 11.6 Å². The molecular weight excluding hydrogens is 466 g/mol. The smallest absolute Gasteiger partial charge is 0.292 e. The number of para-hydroxylation sites is 2. The van der Waals surface area contributed by atoms with E-state index < -0.39 is 0 Å². The Kier molecular flexibility index (Phi) is 5.41. The summed E-state index contributed by atoms with van der Waals surface area (Å²) in [5.74, 6) is 0. The lowest BCUT2D eigenvalue weighted by atomic mass is 10.0. The van der Waals surface area contributed by atoms with Gasteiger partial charge >= 0.3 is 0 Å². The van der Waals surface area contributed by atoms with Gasteiger partial charge in [-0.15, -0.1) is 5.10 Å². The van der Waals surface area contributed by atoms with Crippen molar-refractivity contribution in [3.63, 3.8) is 0 Å². The minimum Gasteiger partial charge on any atom is -0.366 e. The van der Waals surface area contributed by atoms with Gasteiger partial charge in [-0.3, -0.25) is 15.2 Å². The summed E-state index contributed by atoms with van der Waals surface area (Å²) in [6.07, 6.45) is 1.75. The normalized spacial score (nSPS) is 16.2. The number of hydrogen-bond acceptors (Lipinski definition) is 7. The molecular formula is C25H23ClN7O2. The largest absolute Gasteiger partial charge is 0.366 e. The van der Waals surface area contributed by atoms with E-state index in [-0.39, 0.29) is 10.6 Å². The maximum atomic E-state index is 11.5. The summed E-state index contributed by atoms with van der Waals surface area (Å²) >= 11 is 6.16. The predicted octanol–water partition coefficient (Wildman–Crippen LogP) is 5.13. The van der Waals surface area contributed by atoms with Gasteiger partial charge < -0.3 is 14.7 Å². The van der Waals surface area contributed by atoms with Crippen molar-refractivity contribution in [1.29, 1.82) is 0 Å². The van der Waals surface area contributed by atoms with Crippen LogP contribution in [0.4, 0.5) is 22.7 Å². The Bertz CT molecular complexity index is 1400. The number of aromatic nitrogens is 3. The van der Waals surface area contributed by atoms with Crippen LogP contribution in [0.2, 0.25) is 5.02 Å². The van der Waals surface area contributed by atoms with Crippen molar-refractivity contribution in [2.75, 3.05) is 27.8 Å². The highest BCUT2D eigenvalue weighted by atomic mass is 35.5. The molecule has 0 amide bonds. The molecule has 4 aromatic rings. The van der Waals surface area contributed by atoms with Crippen molar-refractivity contribution in [2.45, 2.75) is 25.4 Å². The highest BCUT2D eigenvalue weighted by Gasteiger charge is 2.34. The van der Waals surface area contributed by atoms with E-state index in [0.29, 0.717) is 23.3 Å². The van der Waals surface area contributed by atoms with Crippen LogP contribution in [-0.2, 0) is 6.54 Å². The lowest BCUT2D eigenvalue weighted by molar-refractivity contribution is -0.384. The fraction of sp³-hybridized carbons (Fsp3) is 0.240. The Morgan fingerprint density at radius 2 is 1.83 bits per heavy atom. The number of anilines is 3. The first kappa shape index (κ1) is 21.7. The number of fused-ring (bicyclic) bond motifs is 2. The summed E-state index contributed by atoms with van der Waals surface area (Å²) in [6, 6.07) is 19.5. The maximum absolute atomic E-state index is 11.5. The Morgan fingerprint density at radius 1 is 1.03 bits per heavy atom. The van der Waals surface area contributed by atoms with Gasteiger partial charge in [0.05, 0.1) is 21.8 Å². The zero-order chi connectivity index (χ0) is 23.9. The van der Waals surface area contributed by atoms with Gasteiger partial charge in [0.2, 0.25) is 0 Å². The molecule has 1 fully saturated rings. The third kappa shape index (κ3) is 3.91. The molecule has 0 spiro atoms. The number of hydrogen-bond donors (Lipinski definition) is 1. The average molecular weight is 489 g/mol. The number of nitrogens with zero attached hydrogens (tertiary/aromatic N) is 6. The van der Waals surface area contributed by atoms with Crippen molar-refractivity contribution in [3.05, 3.63) is 88.0 Å². The molecule has 2 aliphatic rings. The molecule has 0 unspecified atom stereocenters. The highest BCUT2D eigenvalue weighted by molar-refractivity contribution is 6.31. The van der Waals surface area contributed by atoms with Gasteiger partial charge in [0.1, 0.15) is 17.9 Å². The lowest BCUT2D eigenvalue weighted by Crippen LogP contribution is -2.44. The summed E-state index contributed by atoms with van der Waals surface area (Å²) < 4.78 is 0. The Balaban J connectivity index is 1.21. The predicted molar refractivity (Wildman–Crippen MR) is 137 cm³/mol. The molecule has 1 saturated heterocycles. The van der Waals surface area contributed by atoms with Gasteiger partial charge in [-0.05, 0) is 43.2 Å². The first-order valence-electron chi connectivity index (χ1n) is 11.5. The number of nitrogens with one attached hydrogen (secondary N) is 1. The fourth-order valence-corrected chi connectivity index (χ4v) is 5.31. The van der Waals surface area contributed by atoms with Gasteiger partial charge in [0.15, 0.2) is 0 Å². The quantitative estimate of drug-likeness (QED) is 0.307. The summed E-state index contributed by atoms with van der Waals surface area (Å²) in [5.41, 5.74) is 5.93. The van der Waals surface area contributed by atoms with Crippen LogP contribution in [0.5, 0.6) is 0 Å². The van der Waals surface area contributed by atoms with Crippen molar-refractivity contribution in [2.24, 2.45) is 0 Å². The number of halogens is 1. The van der Waals surface area contributed by atoms with Crippen LogP contribution in [-0.4, -0.2) is 39.5 Å². The van der Waals surface area contributed by atoms with Crippen molar-refractivity contribution < 1.29 is 4.92 Å². The molecule has 0 saturated carbocycles. The van der Waals surface area contributed by atoms with Crippen LogP contribution in [0, 0.1) is 16.8 Å². The molecule has 9 nitrogen and oxygen atoms in total. The second kappa shape index (κ2) is 8.74. The molecule has 1 radical (unpaired) electrons. The Hall–Kier alpha value is -3.85. The van der Waals surface area contributed by atoms with Crippen molar-refractivity contribution >= 4 is 45.4 Å². The minimum absolute atomic E-state index is 0.0964. The molecule has 35 heavy (non-hydrogen) atoms. The van der Waals surface area contributed by atoms with Crippen LogP contribution in [0.15, 0.2) is 60.7 Å². The molecule has 3 heterocycles. The second-order valence-corrected chi connectivity index (χ2v) is 9.31. The van der Waals surface area contributed by atoms with Gasteiger partial charge in [0.25, 0.3) is 5.69 Å². The molecule has 10 heteroatoms. The van der Waals surface area contributed by atoms with E-state index in [2.05, 4.69) is 67.1 Å². The molecule has 6 rings (SSSR count). The SMILES string of the molecule is O=[N+]([O-])c1ccc(Cl)cc1N1CCC(N2[CH]N(Cc3cccc4[nH]nnc34)c3ccccc32)CC1. The van der Waals surface area contributed by atoms with Gasteiger partial charge in [-0.2, -0.15) is 0 Å². The van der Waals surface area contributed by atoms with Crippen molar-refractivity contribution in [1.82, 2.24) is 15.4 Å². The molecule has 1 aromatic heterocycles. The van der Waals surface area contributed by atoms with Crippen molar-refractivity contribution in [3.8, 4) is 0 Å². The second-order valence-electron chi connectivity index (χ2n) is 8.87. The molecule has 2 aliphatic heterocycles. The molecule has 0 aliphatic carbocycles. The van der Waals surface area contributed by atoms with Gasteiger partial charge in [0, 0.05) is 42.3 Å². The number of nitro benzene ring substituents is 1. The van der Waals surface area contributed by atoms with E-state index in [1.54, 1.807) is 12.1 Å². The monoisotopic (exact) mass is 488 g/mol. The number of H-pyrrole nitrogens is 1. The number of nitro groups is 1. The van der Waals surface area contributed by atoms with E-state index in [1.807, 2.05) is 12.1 Å². The summed E-state index contributed by atoms with van der Waals surface area (Å²) in [5, 5.41) is 23.2. The molecule has 1 N–H and O–H groups in total. The summed E-state index contributed by atoms with van der Waals surface area (Å²) in [4.78, 5) is 17.9. The maximum Gasteiger partial charge on any atom is 0.292 e. The topological polar surface area (TPSA) is 94.4 Å². The van der Waals surface area contributed by atoms with Crippen LogP contribution in [0.3, 0.4) is 0 Å². The van der Waals surface area contributed by atoms with Crippen LogP contribution in [0.1, 0.15) is 18.4 Å². The zero-order valence-electron chi connectivity index (χ0n) is 18.8. The number of benzene rings is 3. The standard InChI is InChI=1S/C25H23ClN7O2/c26-18-8-9-23(33(34)35)24(14-18)30-12-10-19(11-13-30)32-16-31(21-6-1-2-7-22(21)32)15-17-4-3-5-20-25(17)28-29-27-20/h1-9,14,16,19H,10-13,15H2,(H,27,28,29). The van der Waals surface area contributed by atoms with Crippen LogP contribution >= 0.6 is 11.6 Å². The van der Waals surface area contributed by atoms with E-state index >= 15 is 0 Å². The molecule has 0 atom stereocenters. The summed E-state index contributed by atoms with van der Waals surface area (Å²) in [7, 11) is 0. The first-order chi connectivity index (χ1) is 17.1. The molecule has 0 bridgehead atoms. The summed E-state index contributed by atoms with van der Waals surface area (Å²) in [6.45, 7) is 4.31. The van der Waals surface area contributed by atoms with Crippen LogP contribution in [0.25, 0.3) is 11.0 Å². The van der Waals surface area contributed by atoms with E-state index in [1.165, 1.54) is 11.8 Å². The third-order valence-electron chi connectivity index (χ3n) is 6.85. The van der Waals surface area contributed by atoms with Gasteiger partial charge in [-0.25, -0.2) is 0 Å². The zero-order valence-corrected chi connectivity index (χ0v) is 19.6. The molecule has 177 valence electrons. The molecule has 3 aromatic carbocycles. The Labute approximate surface area is 207 Å². The van der Waals surface area contributed by atoms with Gasteiger partial charge in [-0.1, -0.05) is 41.1 Å². The highest BCUT2D eigenvalue weighted by Crippen LogP contribution is 2.42.